The molecule has 1 aliphatic carbocycles. The summed E-state index contributed by atoms with van der Waals surface area (Å²) < 4.78 is 0. The van der Waals surface area contributed by atoms with E-state index in [4.69, 9.17) is 10.2 Å². The first-order valence-electron chi connectivity index (χ1n) is 5.34. The Morgan fingerprint density at radius 1 is 1.18 bits per heavy atom. The molecule has 0 amide bonds. The molecule has 0 atom stereocenters. The molecule has 1 rings (SSSR count). The standard InChI is InChI=1S/C7H10O2.C6H8O2/c1-3-4-5-6(2)7(8)9;1-4(6(7)8)5-2-3-5/h3H,1-2,4-5H2,(H,8,9);5H,1-3H2,(H,7,8). The van der Waals surface area contributed by atoms with E-state index in [0.717, 1.165) is 12.8 Å². The van der Waals surface area contributed by atoms with Crippen molar-refractivity contribution in [2.45, 2.75) is 25.7 Å². The number of carboxylic acids is 2. The summed E-state index contributed by atoms with van der Waals surface area (Å²) >= 11 is 0. The summed E-state index contributed by atoms with van der Waals surface area (Å²) in [6, 6.07) is 0. The van der Waals surface area contributed by atoms with Gasteiger partial charge in [-0.1, -0.05) is 19.2 Å². The Balaban J connectivity index is 0.000000302. The predicted octanol–water partition coefficient (Wildman–Crippen LogP) is 2.63. The maximum Gasteiger partial charge on any atom is 0.331 e. The van der Waals surface area contributed by atoms with Crippen LogP contribution in [0.1, 0.15) is 25.7 Å². The van der Waals surface area contributed by atoms with Gasteiger partial charge in [0.05, 0.1) is 0 Å². The molecule has 1 saturated carbocycles. The van der Waals surface area contributed by atoms with Gasteiger partial charge in [-0.05, 0) is 31.6 Å². The number of carbonyl (C=O) groups is 2. The van der Waals surface area contributed by atoms with Crippen molar-refractivity contribution >= 4 is 11.9 Å². The molecular weight excluding hydrogens is 220 g/mol. The topological polar surface area (TPSA) is 74.6 Å². The fraction of sp³-hybridized carbons (Fsp3) is 0.385. The first kappa shape index (κ1) is 15.2. The van der Waals surface area contributed by atoms with Crippen molar-refractivity contribution in [3.05, 3.63) is 37.0 Å². The largest absolute Gasteiger partial charge is 0.478 e. The molecule has 94 valence electrons. The molecule has 0 aromatic rings. The lowest BCUT2D eigenvalue weighted by Gasteiger charge is -1.93. The van der Waals surface area contributed by atoms with Crippen LogP contribution in [-0.4, -0.2) is 22.2 Å². The predicted molar refractivity (Wildman–Crippen MR) is 65.7 cm³/mol. The average molecular weight is 238 g/mol. The van der Waals surface area contributed by atoms with Crippen molar-refractivity contribution in [2.75, 3.05) is 0 Å². The summed E-state index contributed by atoms with van der Waals surface area (Å²) in [6.45, 7) is 10.2. The number of hydrogen-bond acceptors (Lipinski definition) is 2. The van der Waals surface area contributed by atoms with Crippen molar-refractivity contribution < 1.29 is 19.8 Å². The summed E-state index contributed by atoms with van der Waals surface area (Å²) in [7, 11) is 0. The number of hydrogen-bond donors (Lipinski definition) is 2. The molecule has 2 N–H and O–H groups in total. The molecule has 0 unspecified atom stereocenters. The van der Waals surface area contributed by atoms with Crippen LogP contribution in [0.25, 0.3) is 0 Å². The van der Waals surface area contributed by atoms with E-state index in [2.05, 4.69) is 19.7 Å². The van der Waals surface area contributed by atoms with Crippen LogP contribution in [0.15, 0.2) is 37.0 Å². The minimum atomic E-state index is -0.920. The van der Waals surface area contributed by atoms with Crippen molar-refractivity contribution in [3.8, 4) is 0 Å². The van der Waals surface area contributed by atoms with Crippen LogP contribution in [-0.2, 0) is 9.59 Å². The molecule has 1 fully saturated rings. The minimum Gasteiger partial charge on any atom is -0.478 e. The summed E-state index contributed by atoms with van der Waals surface area (Å²) in [6.07, 6.45) is 4.90. The van der Waals surface area contributed by atoms with Crippen LogP contribution in [0.3, 0.4) is 0 Å². The molecule has 0 saturated heterocycles. The number of aliphatic carboxylic acids is 2. The Morgan fingerprint density at radius 2 is 1.71 bits per heavy atom. The Kier molecular flexibility index (Phi) is 6.63. The van der Waals surface area contributed by atoms with E-state index in [1.807, 2.05) is 0 Å². The zero-order valence-electron chi connectivity index (χ0n) is 9.82. The third-order valence-corrected chi connectivity index (χ3v) is 2.30. The first-order chi connectivity index (χ1) is 7.90. The van der Waals surface area contributed by atoms with Gasteiger partial charge in [-0.15, -0.1) is 6.58 Å². The Morgan fingerprint density at radius 3 is 1.94 bits per heavy atom. The molecule has 4 nitrogen and oxygen atoms in total. The summed E-state index contributed by atoms with van der Waals surface area (Å²) in [5.41, 5.74) is 0.625. The SMILES string of the molecule is C=C(C(=O)O)C1CC1.C=CCCC(=C)C(=O)O. The number of allylic oxidation sites excluding steroid dienone is 1. The van der Waals surface area contributed by atoms with Gasteiger partial charge in [-0.2, -0.15) is 0 Å². The van der Waals surface area contributed by atoms with Crippen molar-refractivity contribution in [1.82, 2.24) is 0 Å². The number of rotatable bonds is 6. The molecule has 0 bridgehead atoms. The summed E-state index contributed by atoms with van der Waals surface area (Å²) in [5, 5.41) is 16.6. The highest BCUT2D eigenvalue weighted by atomic mass is 16.4. The van der Waals surface area contributed by atoms with E-state index >= 15 is 0 Å². The second-order valence-corrected chi connectivity index (χ2v) is 3.84. The van der Waals surface area contributed by atoms with Gasteiger partial charge in [-0.25, -0.2) is 9.59 Å². The normalized spacial score (nSPS) is 12.9. The molecule has 0 aromatic carbocycles. The molecule has 17 heavy (non-hydrogen) atoms. The molecule has 0 radical (unpaired) electrons. The molecular formula is C13H18O4. The Hall–Kier alpha value is -1.84. The van der Waals surface area contributed by atoms with E-state index in [1.54, 1.807) is 6.08 Å². The van der Waals surface area contributed by atoms with Gasteiger partial charge in [0, 0.05) is 11.1 Å². The van der Waals surface area contributed by atoms with Gasteiger partial charge in [-0.3, -0.25) is 0 Å². The fourth-order valence-electron chi connectivity index (χ4n) is 0.990. The van der Waals surface area contributed by atoms with E-state index in [0.29, 0.717) is 24.3 Å². The summed E-state index contributed by atoms with van der Waals surface area (Å²) in [4.78, 5) is 20.2. The van der Waals surface area contributed by atoms with Crippen LogP contribution in [0, 0.1) is 5.92 Å². The van der Waals surface area contributed by atoms with Crippen molar-refractivity contribution in [3.63, 3.8) is 0 Å². The zero-order chi connectivity index (χ0) is 13.4. The van der Waals surface area contributed by atoms with E-state index < -0.39 is 11.9 Å². The highest BCUT2D eigenvalue weighted by molar-refractivity contribution is 5.87. The lowest BCUT2D eigenvalue weighted by atomic mass is 10.2. The van der Waals surface area contributed by atoms with Crippen LogP contribution >= 0.6 is 0 Å². The molecule has 0 aromatic heterocycles. The quantitative estimate of drug-likeness (QED) is 0.551. The van der Waals surface area contributed by atoms with Crippen molar-refractivity contribution in [2.24, 2.45) is 5.92 Å². The monoisotopic (exact) mass is 238 g/mol. The molecule has 4 heteroatoms. The van der Waals surface area contributed by atoms with Gasteiger partial charge in [0.1, 0.15) is 0 Å². The zero-order valence-corrected chi connectivity index (χ0v) is 9.82. The second-order valence-electron chi connectivity index (χ2n) is 3.84. The van der Waals surface area contributed by atoms with Gasteiger partial charge in [0.15, 0.2) is 0 Å². The number of carboxylic acid groups (broad SMARTS) is 2. The van der Waals surface area contributed by atoms with E-state index in [-0.39, 0.29) is 5.57 Å². The highest BCUT2D eigenvalue weighted by Crippen LogP contribution is 2.35. The lowest BCUT2D eigenvalue weighted by molar-refractivity contribution is -0.133. The maximum absolute atomic E-state index is 10.1. The Labute approximate surface area is 101 Å². The first-order valence-corrected chi connectivity index (χ1v) is 5.34. The van der Waals surface area contributed by atoms with E-state index in [9.17, 15) is 9.59 Å². The smallest absolute Gasteiger partial charge is 0.331 e. The lowest BCUT2D eigenvalue weighted by Crippen LogP contribution is -1.99. The summed E-state index contributed by atoms with van der Waals surface area (Å²) in [5.74, 6) is -1.46. The third-order valence-electron chi connectivity index (χ3n) is 2.30. The van der Waals surface area contributed by atoms with Gasteiger partial charge in [0.25, 0.3) is 0 Å². The fourth-order valence-corrected chi connectivity index (χ4v) is 0.990. The van der Waals surface area contributed by atoms with Crippen LogP contribution in [0.5, 0.6) is 0 Å². The molecule has 0 heterocycles. The Bertz CT molecular complexity index is 337. The van der Waals surface area contributed by atoms with Gasteiger partial charge in [0.2, 0.25) is 0 Å². The van der Waals surface area contributed by atoms with Crippen LogP contribution in [0.2, 0.25) is 0 Å². The average Bonchev–Trinajstić information content (AvgIpc) is 3.09. The molecule has 1 aliphatic rings. The highest BCUT2D eigenvalue weighted by Gasteiger charge is 2.28. The second kappa shape index (κ2) is 7.44. The third kappa shape index (κ3) is 7.11. The van der Waals surface area contributed by atoms with E-state index in [1.165, 1.54) is 0 Å². The van der Waals surface area contributed by atoms with Gasteiger partial charge < -0.3 is 10.2 Å². The maximum atomic E-state index is 10.1. The van der Waals surface area contributed by atoms with Gasteiger partial charge >= 0.3 is 11.9 Å². The van der Waals surface area contributed by atoms with Crippen LogP contribution in [0.4, 0.5) is 0 Å². The van der Waals surface area contributed by atoms with Crippen LogP contribution < -0.4 is 0 Å². The minimum absolute atomic E-state index is 0.245. The molecule has 0 spiro atoms. The van der Waals surface area contributed by atoms with Crippen molar-refractivity contribution in [1.29, 1.82) is 0 Å². The molecule has 0 aliphatic heterocycles.